The lowest BCUT2D eigenvalue weighted by Gasteiger charge is -2.33. The summed E-state index contributed by atoms with van der Waals surface area (Å²) in [6.07, 6.45) is 4.09. The molecule has 3 heterocycles. The maximum absolute atomic E-state index is 13.4. The Balaban J connectivity index is 1.88. The summed E-state index contributed by atoms with van der Waals surface area (Å²) in [6, 6.07) is 6.46. The van der Waals surface area contributed by atoms with Crippen LogP contribution in [0.15, 0.2) is 27.8 Å². The van der Waals surface area contributed by atoms with Gasteiger partial charge in [0.05, 0.1) is 0 Å². The Morgan fingerprint density at radius 3 is 2.42 bits per heavy atom. The number of nitrogens with zero attached hydrogens (tertiary/aromatic N) is 5. The first-order valence-corrected chi connectivity index (χ1v) is 11.4. The lowest BCUT2D eigenvalue weighted by Crippen LogP contribution is -2.40. The number of unbranched alkanes of at least 4 members (excludes halogenated alkanes) is 3. The van der Waals surface area contributed by atoms with Gasteiger partial charge in [-0.3, -0.25) is 13.9 Å². The van der Waals surface area contributed by atoms with E-state index in [1.165, 1.54) is 20.3 Å². The topological polar surface area (TPSA) is 65.1 Å². The second kappa shape index (κ2) is 8.36. The standard InChI is InChI=1S/C24H33N5O2/c1-6-7-8-9-10-27-22(30)20-21(26(5)24(27)31)25-23-28(14-18(4)15-29(20)23)19-12-16(2)11-17(3)13-19/h11-13,18H,6-10,14-15H2,1-5H3. The highest BCUT2D eigenvalue weighted by atomic mass is 16.2. The number of anilines is 2. The van der Waals surface area contributed by atoms with Gasteiger partial charge < -0.3 is 9.47 Å². The lowest BCUT2D eigenvalue weighted by atomic mass is 10.1. The Labute approximate surface area is 182 Å². The molecule has 7 heteroatoms. The largest absolute Gasteiger partial charge is 0.332 e. The summed E-state index contributed by atoms with van der Waals surface area (Å²) in [6.45, 7) is 10.5. The Hall–Kier alpha value is -2.83. The first-order valence-electron chi connectivity index (χ1n) is 11.4. The van der Waals surface area contributed by atoms with Crippen LogP contribution in [-0.2, 0) is 20.1 Å². The van der Waals surface area contributed by atoms with Gasteiger partial charge in [-0.15, -0.1) is 0 Å². The molecule has 1 unspecified atom stereocenters. The fourth-order valence-electron chi connectivity index (χ4n) is 4.72. The van der Waals surface area contributed by atoms with E-state index >= 15 is 0 Å². The molecule has 1 aliphatic rings. The van der Waals surface area contributed by atoms with Gasteiger partial charge in [0.2, 0.25) is 5.95 Å². The minimum absolute atomic E-state index is 0.220. The minimum Gasteiger partial charge on any atom is -0.312 e. The molecule has 0 spiro atoms. The summed E-state index contributed by atoms with van der Waals surface area (Å²) in [5.41, 5.74) is 3.96. The molecule has 0 fully saturated rings. The summed E-state index contributed by atoms with van der Waals surface area (Å²) >= 11 is 0. The van der Waals surface area contributed by atoms with Crippen LogP contribution in [-0.4, -0.2) is 25.2 Å². The molecule has 1 aromatic carbocycles. The van der Waals surface area contributed by atoms with Crippen LogP contribution in [0.5, 0.6) is 0 Å². The summed E-state index contributed by atoms with van der Waals surface area (Å²) < 4.78 is 4.95. The van der Waals surface area contributed by atoms with Gasteiger partial charge in [-0.25, -0.2) is 4.79 Å². The number of aryl methyl sites for hydroxylation is 3. The number of hydrogen-bond donors (Lipinski definition) is 0. The predicted molar refractivity (Wildman–Crippen MR) is 125 cm³/mol. The van der Waals surface area contributed by atoms with E-state index in [-0.39, 0.29) is 11.2 Å². The average molecular weight is 424 g/mol. The third-order valence-corrected chi connectivity index (χ3v) is 6.20. The highest BCUT2D eigenvalue weighted by Crippen LogP contribution is 2.33. The van der Waals surface area contributed by atoms with Gasteiger partial charge in [0.1, 0.15) is 0 Å². The quantitative estimate of drug-likeness (QED) is 0.565. The van der Waals surface area contributed by atoms with Crippen molar-refractivity contribution in [3.8, 4) is 0 Å². The van der Waals surface area contributed by atoms with E-state index in [0.717, 1.165) is 50.4 Å². The van der Waals surface area contributed by atoms with Gasteiger partial charge in [0.15, 0.2) is 11.2 Å². The molecule has 166 valence electrons. The third kappa shape index (κ3) is 3.82. The zero-order valence-electron chi connectivity index (χ0n) is 19.3. The zero-order chi connectivity index (χ0) is 22.3. The Morgan fingerprint density at radius 1 is 1.03 bits per heavy atom. The second-order valence-corrected chi connectivity index (χ2v) is 9.12. The summed E-state index contributed by atoms with van der Waals surface area (Å²) in [4.78, 5) is 33.4. The van der Waals surface area contributed by atoms with Crippen LogP contribution in [0.25, 0.3) is 11.2 Å². The minimum atomic E-state index is -0.282. The SMILES string of the molecule is CCCCCCn1c(=O)c2c(nc3n2CC(C)CN3c2cc(C)cc(C)c2)n(C)c1=O. The second-order valence-electron chi connectivity index (χ2n) is 9.12. The average Bonchev–Trinajstić information content (AvgIpc) is 3.10. The number of hydrogen-bond acceptors (Lipinski definition) is 4. The van der Waals surface area contributed by atoms with Crippen molar-refractivity contribution in [3.05, 3.63) is 50.2 Å². The van der Waals surface area contributed by atoms with Crippen molar-refractivity contribution < 1.29 is 0 Å². The molecule has 3 aromatic rings. The van der Waals surface area contributed by atoms with Crippen LogP contribution in [0.2, 0.25) is 0 Å². The fraction of sp³-hybridized carbons (Fsp3) is 0.542. The van der Waals surface area contributed by atoms with E-state index < -0.39 is 0 Å². The maximum Gasteiger partial charge on any atom is 0.332 e. The first-order chi connectivity index (χ1) is 14.8. The molecule has 1 atom stereocenters. The van der Waals surface area contributed by atoms with Crippen molar-refractivity contribution in [1.82, 2.24) is 18.7 Å². The van der Waals surface area contributed by atoms with Crippen molar-refractivity contribution in [1.29, 1.82) is 0 Å². The van der Waals surface area contributed by atoms with Gasteiger partial charge in [0.25, 0.3) is 5.56 Å². The normalized spacial score (nSPS) is 16.2. The molecule has 4 rings (SSSR count). The summed E-state index contributed by atoms with van der Waals surface area (Å²) in [7, 11) is 1.72. The summed E-state index contributed by atoms with van der Waals surface area (Å²) in [5, 5.41) is 0. The first kappa shape index (κ1) is 21.4. The van der Waals surface area contributed by atoms with Crippen LogP contribution in [0, 0.1) is 19.8 Å². The maximum atomic E-state index is 13.4. The smallest absolute Gasteiger partial charge is 0.312 e. The molecule has 0 aliphatic carbocycles. The molecule has 0 radical (unpaired) electrons. The van der Waals surface area contributed by atoms with E-state index in [2.05, 4.69) is 50.8 Å². The number of benzene rings is 1. The van der Waals surface area contributed by atoms with E-state index in [1.54, 1.807) is 7.05 Å². The van der Waals surface area contributed by atoms with E-state index in [1.807, 2.05) is 4.57 Å². The van der Waals surface area contributed by atoms with Crippen LogP contribution in [0.1, 0.15) is 50.7 Å². The van der Waals surface area contributed by atoms with Crippen molar-refractivity contribution >= 4 is 22.8 Å². The Morgan fingerprint density at radius 2 is 1.74 bits per heavy atom. The Kier molecular flexibility index (Phi) is 5.77. The van der Waals surface area contributed by atoms with E-state index in [4.69, 9.17) is 4.98 Å². The number of rotatable bonds is 6. The van der Waals surface area contributed by atoms with Crippen LogP contribution in [0.3, 0.4) is 0 Å². The van der Waals surface area contributed by atoms with Crippen LogP contribution >= 0.6 is 0 Å². The number of fused-ring (bicyclic) bond motifs is 3. The number of imidazole rings is 1. The van der Waals surface area contributed by atoms with E-state index in [0.29, 0.717) is 23.6 Å². The zero-order valence-corrected chi connectivity index (χ0v) is 19.3. The van der Waals surface area contributed by atoms with Crippen molar-refractivity contribution in [2.45, 2.75) is 66.5 Å². The number of aromatic nitrogens is 4. The van der Waals surface area contributed by atoms with Gasteiger partial charge in [-0.05, 0) is 49.4 Å². The molecule has 0 saturated heterocycles. The molecular formula is C24H33N5O2. The van der Waals surface area contributed by atoms with Crippen molar-refractivity contribution in [2.24, 2.45) is 13.0 Å². The molecule has 7 nitrogen and oxygen atoms in total. The van der Waals surface area contributed by atoms with Crippen molar-refractivity contribution in [2.75, 3.05) is 11.4 Å². The predicted octanol–water partition coefficient (Wildman–Crippen LogP) is 3.88. The molecule has 0 saturated carbocycles. The third-order valence-electron chi connectivity index (χ3n) is 6.20. The lowest BCUT2D eigenvalue weighted by molar-refractivity contribution is 0.457. The molecule has 0 bridgehead atoms. The van der Waals surface area contributed by atoms with Crippen molar-refractivity contribution in [3.63, 3.8) is 0 Å². The highest BCUT2D eigenvalue weighted by Gasteiger charge is 2.30. The van der Waals surface area contributed by atoms with Gasteiger partial charge in [0, 0.05) is 32.4 Å². The monoisotopic (exact) mass is 423 g/mol. The highest BCUT2D eigenvalue weighted by molar-refractivity contribution is 5.77. The molecule has 0 N–H and O–H groups in total. The molecule has 0 amide bonds. The molecular weight excluding hydrogens is 390 g/mol. The molecule has 1 aliphatic heterocycles. The van der Waals surface area contributed by atoms with Crippen LogP contribution in [0.4, 0.5) is 11.6 Å². The van der Waals surface area contributed by atoms with Crippen LogP contribution < -0.4 is 16.1 Å². The Bertz CT molecular complexity index is 1210. The van der Waals surface area contributed by atoms with Gasteiger partial charge in [-0.1, -0.05) is 39.2 Å². The molecule has 31 heavy (non-hydrogen) atoms. The van der Waals surface area contributed by atoms with Gasteiger partial charge >= 0.3 is 5.69 Å². The molecule has 2 aromatic heterocycles. The summed E-state index contributed by atoms with van der Waals surface area (Å²) in [5.74, 6) is 1.09. The van der Waals surface area contributed by atoms with Gasteiger partial charge in [-0.2, -0.15) is 4.98 Å². The van der Waals surface area contributed by atoms with E-state index in [9.17, 15) is 9.59 Å². The fourth-order valence-corrected chi connectivity index (χ4v) is 4.72.